The molecule has 1 saturated heterocycles. The summed E-state index contributed by atoms with van der Waals surface area (Å²) in [5, 5.41) is 6.02. The number of carbonyl (C=O) groups is 1. The fourth-order valence-electron chi connectivity index (χ4n) is 2.96. The molecule has 4 heteroatoms. The lowest BCUT2D eigenvalue weighted by molar-refractivity contribution is -0.129. The summed E-state index contributed by atoms with van der Waals surface area (Å²) in [7, 11) is 0. The molecule has 1 aromatic heterocycles. The fourth-order valence-corrected chi connectivity index (χ4v) is 3.84. The van der Waals surface area contributed by atoms with Gasteiger partial charge in [-0.2, -0.15) is 0 Å². The van der Waals surface area contributed by atoms with Gasteiger partial charge in [-0.05, 0) is 43.0 Å². The van der Waals surface area contributed by atoms with Crippen LogP contribution < -0.4 is 5.32 Å². The lowest BCUT2D eigenvalue weighted by atomic mass is 10.0. The summed E-state index contributed by atoms with van der Waals surface area (Å²) < 4.78 is 0. The van der Waals surface area contributed by atoms with Crippen LogP contribution in [0.25, 0.3) is 0 Å². The van der Waals surface area contributed by atoms with E-state index in [0.717, 1.165) is 31.8 Å². The molecule has 0 spiro atoms. The van der Waals surface area contributed by atoms with Crippen LogP contribution in [0.5, 0.6) is 0 Å². The Hall–Kier alpha value is -0.870. The molecule has 1 aliphatic heterocycles. The van der Waals surface area contributed by atoms with Gasteiger partial charge in [-0.1, -0.05) is 6.07 Å². The van der Waals surface area contributed by atoms with Crippen LogP contribution in [0.4, 0.5) is 0 Å². The number of carbonyl (C=O) groups excluding carboxylic acids is 1. The molecule has 3 rings (SSSR count). The van der Waals surface area contributed by atoms with Crippen molar-refractivity contribution in [3.05, 3.63) is 22.4 Å². The third-order valence-electron chi connectivity index (χ3n) is 4.30. The molecule has 2 fully saturated rings. The van der Waals surface area contributed by atoms with E-state index < -0.39 is 0 Å². The molecule has 1 saturated carbocycles. The molecule has 2 aliphatic rings. The normalized spacial score (nSPS) is 22.5. The molecule has 0 radical (unpaired) electrons. The zero-order valence-corrected chi connectivity index (χ0v) is 12.3. The van der Waals surface area contributed by atoms with E-state index in [1.54, 1.807) is 6.92 Å². The van der Waals surface area contributed by atoms with Crippen LogP contribution in [0.3, 0.4) is 0 Å². The maximum atomic E-state index is 11.3. The number of hydrogen-bond donors (Lipinski definition) is 1. The number of nitrogens with zero attached hydrogens (tertiary/aromatic N) is 1. The van der Waals surface area contributed by atoms with Crippen molar-refractivity contribution in [2.24, 2.45) is 5.92 Å². The summed E-state index contributed by atoms with van der Waals surface area (Å²) in [5.74, 6) is 1.06. The van der Waals surface area contributed by atoms with E-state index in [4.69, 9.17) is 0 Å². The van der Waals surface area contributed by atoms with Gasteiger partial charge >= 0.3 is 0 Å². The average molecular weight is 278 g/mol. The smallest absolute Gasteiger partial charge is 0.219 e. The first-order valence-corrected chi connectivity index (χ1v) is 8.17. The van der Waals surface area contributed by atoms with Gasteiger partial charge in [0.25, 0.3) is 0 Å². The Morgan fingerprint density at radius 1 is 1.37 bits per heavy atom. The van der Waals surface area contributed by atoms with E-state index in [1.165, 1.54) is 17.7 Å². The molecule has 0 aromatic carbocycles. The molecule has 1 N–H and O–H groups in total. The number of likely N-dealkylation sites (tertiary alicyclic amines) is 1. The Kier molecular flexibility index (Phi) is 3.89. The largest absolute Gasteiger partial charge is 0.343 e. The van der Waals surface area contributed by atoms with Crippen LogP contribution in [-0.4, -0.2) is 29.9 Å². The van der Waals surface area contributed by atoms with Crippen molar-refractivity contribution in [1.29, 1.82) is 0 Å². The first-order valence-electron chi connectivity index (χ1n) is 7.29. The summed E-state index contributed by atoms with van der Waals surface area (Å²) >= 11 is 1.87. The van der Waals surface area contributed by atoms with Crippen LogP contribution in [0, 0.1) is 5.92 Å². The predicted octanol–water partition coefficient (Wildman–Crippen LogP) is 2.80. The van der Waals surface area contributed by atoms with E-state index in [9.17, 15) is 4.79 Å². The maximum absolute atomic E-state index is 11.3. The van der Waals surface area contributed by atoms with Gasteiger partial charge in [0.1, 0.15) is 0 Å². The molecule has 1 unspecified atom stereocenters. The number of nitrogens with one attached hydrogen (secondary N) is 1. The molecule has 19 heavy (non-hydrogen) atoms. The number of piperidine rings is 1. The van der Waals surface area contributed by atoms with Gasteiger partial charge in [0.2, 0.25) is 5.91 Å². The van der Waals surface area contributed by atoms with Crippen LogP contribution in [0.1, 0.15) is 43.5 Å². The quantitative estimate of drug-likeness (QED) is 0.918. The Labute approximate surface area is 119 Å². The Bertz CT molecular complexity index is 419. The van der Waals surface area contributed by atoms with Gasteiger partial charge in [-0.15, -0.1) is 11.3 Å². The number of thiophene rings is 1. The number of amides is 1. The minimum Gasteiger partial charge on any atom is -0.343 e. The van der Waals surface area contributed by atoms with Crippen molar-refractivity contribution < 1.29 is 4.79 Å². The molecule has 104 valence electrons. The van der Waals surface area contributed by atoms with E-state index in [0.29, 0.717) is 12.1 Å². The highest BCUT2D eigenvalue weighted by Gasteiger charge is 2.34. The van der Waals surface area contributed by atoms with E-state index in [1.807, 2.05) is 16.2 Å². The molecule has 0 bridgehead atoms. The van der Waals surface area contributed by atoms with Crippen LogP contribution in [0.2, 0.25) is 0 Å². The molecule has 1 atom stereocenters. The van der Waals surface area contributed by atoms with Gasteiger partial charge in [0.15, 0.2) is 0 Å². The van der Waals surface area contributed by atoms with Gasteiger partial charge in [0.05, 0.1) is 0 Å². The van der Waals surface area contributed by atoms with Crippen molar-refractivity contribution in [1.82, 2.24) is 10.2 Å². The molecular formula is C15H22N2OS. The second-order valence-electron chi connectivity index (χ2n) is 5.78. The molecule has 3 nitrogen and oxygen atoms in total. The Morgan fingerprint density at radius 2 is 2.11 bits per heavy atom. The zero-order chi connectivity index (χ0) is 13.2. The van der Waals surface area contributed by atoms with E-state index >= 15 is 0 Å². The summed E-state index contributed by atoms with van der Waals surface area (Å²) in [6.45, 7) is 3.50. The van der Waals surface area contributed by atoms with Crippen molar-refractivity contribution in [3.8, 4) is 0 Å². The van der Waals surface area contributed by atoms with E-state index in [2.05, 4.69) is 22.8 Å². The van der Waals surface area contributed by atoms with Crippen LogP contribution in [-0.2, 0) is 4.79 Å². The van der Waals surface area contributed by atoms with Crippen LogP contribution in [0.15, 0.2) is 17.5 Å². The van der Waals surface area contributed by atoms with Gasteiger partial charge in [0, 0.05) is 37.0 Å². The Balaban J connectivity index is 1.57. The highest BCUT2D eigenvalue weighted by atomic mass is 32.1. The molecule has 1 amide bonds. The fraction of sp³-hybridized carbons (Fsp3) is 0.667. The predicted molar refractivity (Wildman–Crippen MR) is 78.2 cm³/mol. The standard InChI is InChI=1S/C15H22N2OS/c1-11(18)17-8-6-13(7-9-17)16-15(12-4-5-12)14-3-2-10-19-14/h2-3,10,12-13,15-16H,4-9H2,1H3. The van der Waals surface area contributed by atoms with Gasteiger partial charge in [-0.25, -0.2) is 0 Å². The summed E-state index contributed by atoms with van der Waals surface area (Å²) in [4.78, 5) is 14.8. The summed E-state index contributed by atoms with van der Waals surface area (Å²) in [5.41, 5.74) is 0. The third kappa shape index (κ3) is 3.18. The van der Waals surface area contributed by atoms with Crippen molar-refractivity contribution in [3.63, 3.8) is 0 Å². The minimum atomic E-state index is 0.218. The second kappa shape index (κ2) is 5.63. The lowest BCUT2D eigenvalue weighted by Gasteiger charge is -2.34. The Morgan fingerprint density at radius 3 is 2.63 bits per heavy atom. The van der Waals surface area contributed by atoms with Crippen molar-refractivity contribution in [2.75, 3.05) is 13.1 Å². The van der Waals surface area contributed by atoms with Gasteiger partial charge < -0.3 is 10.2 Å². The highest BCUT2D eigenvalue weighted by Crippen LogP contribution is 2.42. The topological polar surface area (TPSA) is 32.3 Å². The molecule has 1 aliphatic carbocycles. The van der Waals surface area contributed by atoms with E-state index in [-0.39, 0.29) is 5.91 Å². The number of hydrogen-bond acceptors (Lipinski definition) is 3. The van der Waals surface area contributed by atoms with Gasteiger partial charge in [-0.3, -0.25) is 4.79 Å². The monoisotopic (exact) mass is 278 g/mol. The maximum Gasteiger partial charge on any atom is 0.219 e. The molecule has 1 aromatic rings. The summed E-state index contributed by atoms with van der Waals surface area (Å²) in [6.07, 6.45) is 4.91. The SMILES string of the molecule is CC(=O)N1CCC(NC(c2cccs2)C2CC2)CC1. The average Bonchev–Trinajstić information content (AvgIpc) is 3.11. The van der Waals surface area contributed by atoms with Crippen molar-refractivity contribution >= 4 is 17.2 Å². The highest BCUT2D eigenvalue weighted by molar-refractivity contribution is 7.10. The summed E-state index contributed by atoms with van der Waals surface area (Å²) in [6, 6.07) is 5.53. The second-order valence-corrected chi connectivity index (χ2v) is 6.76. The minimum absolute atomic E-state index is 0.218. The van der Waals surface area contributed by atoms with Crippen molar-refractivity contribution in [2.45, 2.75) is 44.7 Å². The molecule has 2 heterocycles. The number of rotatable bonds is 4. The zero-order valence-electron chi connectivity index (χ0n) is 11.5. The first kappa shape index (κ1) is 13.1. The third-order valence-corrected chi connectivity index (χ3v) is 5.25. The first-order chi connectivity index (χ1) is 9.24. The lowest BCUT2D eigenvalue weighted by Crippen LogP contribution is -2.45. The van der Waals surface area contributed by atoms with Crippen LogP contribution >= 0.6 is 11.3 Å². The molecular weight excluding hydrogens is 256 g/mol.